The molecule has 0 spiro atoms. The van der Waals surface area contributed by atoms with Gasteiger partial charge in [0.25, 0.3) is 0 Å². The summed E-state index contributed by atoms with van der Waals surface area (Å²) in [7, 11) is 1.52. The Morgan fingerprint density at radius 3 is 2.21 bits per heavy atom. The first-order chi connectivity index (χ1) is 13.9. The summed E-state index contributed by atoms with van der Waals surface area (Å²) in [6.45, 7) is 9.81. The third-order valence-electron chi connectivity index (χ3n) is 5.27. The number of phenols is 2. The summed E-state index contributed by atoms with van der Waals surface area (Å²) in [5.74, 6) is 0.418. The van der Waals surface area contributed by atoms with E-state index >= 15 is 0 Å². The van der Waals surface area contributed by atoms with Crippen LogP contribution in [0.4, 0.5) is 0 Å². The van der Waals surface area contributed by atoms with Crippen molar-refractivity contribution in [3.05, 3.63) is 84.5 Å². The summed E-state index contributed by atoms with van der Waals surface area (Å²) in [6.07, 6.45) is 8.81. The van der Waals surface area contributed by atoms with E-state index in [9.17, 15) is 15.0 Å². The van der Waals surface area contributed by atoms with Crippen molar-refractivity contribution in [1.29, 1.82) is 0 Å². The van der Waals surface area contributed by atoms with E-state index in [1.165, 1.54) is 25.3 Å². The zero-order chi connectivity index (χ0) is 21.4. The lowest BCUT2D eigenvalue weighted by molar-refractivity contribution is 0.104. The molecule has 152 valence electrons. The van der Waals surface area contributed by atoms with E-state index < -0.39 is 0 Å². The minimum atomic E-state index is -0.330. The molecule has 2 N–H and O–H groups in total. The van der Waals surface area contributed by atoms with E-state index in [4.69, 9.17) is 4.74 Å². The summed E-state index contributed by atoms with van der Waals surface area (Å²) in [6, 6.07) is 9.68. The molecular formula is C25H28O4. The zero-order valence-corrected chi connectivity index (χ0v) is 17.0. The van der Waals surface area contributed by atoms with Crippen molar-refractivity contribution in [2.45, 2.75) is 31.6 Å². The molecule has 2 aromatic rings. The summed E-state index contributed by atoms with van der Waals surface area (Å²) in [4.78, 5) is 12.5. The summed E-state index contributed by atoms with van der Waals surface area (Å²) in [5, 5.41) is 20.5. The number of hydrogen-bond acceptors (Lipinski definition) is 4. The van der Waals surface area contributed by atoms with E-state index in [-0.39, 0.29) is 22.7 Å². The highest BCUT2D eigenvalue weighted by Crippen LogP contribution is 2.44. The van der Waals surface area contributed by atoms with Crippen LogP contribution in [-0.2, 0) is 5.41 Å². The number of aromatic hydroxyl groups is 2. The van der Waals surface area contributed by atoms with E-state index in [2.05, 4.69) is 20.1 Å². The first-order valence-corrected chi connectivity index (χ1v) is 9.56. The number of hydrogen-bond donors (Lipinski definition) is 2. The fourth-order valence-electron chi connectivity index (χ4n) is 3.57. The molecule has 0 bridgehead atoms. The van der Waals surface area contributed by atoms with Gasteiger partial charge in [0.05, 0.1) is 12.7 Å². The van der Waals surface area contributed by atoms with Crippen molar-refractivity contribution in [3.63, 3.8) is 0 Å². The van der Waals surface area contributed by atoms with E-state index in [1.807, 2.05) is 18.2 Å². The Morgan fingerprint density at radius 1 is 1.07 bits per heavy atom. The van der Waals surface area contributed by atoms with Gasteiger partial charge in [-0.25, -0.2) is 0 Å². The SMILES string of the molecule is C=CCC(CC)(CC=C)c1ccc(OC)c(C=CC(=O)c2ccc(O)cc2)c1O. The van der Waals surface area contributed by atoms with Crippen LogP contribution in [0.15, 0.2) is 67.8 Å². The molecule has 0 aliphatic rings. The molecule has 0 atom stereocenters. The van der Waals surface area contributed by atoms with Gasteiger partial charge in [-0.2, -0.15) is 0 Å². The lowest BCUT2D eigenvalue weighted by Crippen LogP contribution is -2.24. The topological polar surface area (TPSA) is 66.8 Å². The van der Waals surface area contributed by atoms with Crippen LogP contribution in [-0.4, -0.2) is 23.1 Å². The monoisotopic (exact) mass is 392 g/mol. The van der Waals surface area contributed by atoms with Gasteiger partial charge in [-0.05, 0) is 61.7 Å². The standard InChI is InChI=1S/C25H28O4/c1-5-16-25(7-3,17-6-2)21-13-15-23(29-4)20(24(21)28)12-14-22(27)18-8-10-19(26)11-9-18/h5-6,8-15,26,28H,1-2,7,16-17H2,3-4H3. The van der Waals surface area contributed by atoms with Gasteiger partial charge < -0.3 is 14.9 Å². The van der Waals surface area contributed by atoms with Crippen LogP contribution in [0.1, 0.15) is 47.7 Å². The fourth-order valence-corrected chi connectivity index (χ4v) is 3.57. The Balaban J connectivity index is 2.52. The highest BCUT2D eigenvalue weighted by atomic mass is 16.5. The second-order valence-corrected chi connectivity index (χ2v) is 6.94. The van der Waals surface area contributed by atoms with Gasteiger partial charge >= 0.3 is 0 Å². The largest absolute Gasteiger partial charge is 0.508 e. The van der Waals surface area contributed by atoms with Crippen LogP contribution >= 0.6 is 0 Å². The van der Waals surface area contributed by atoms with Gasteiger partial charge in [0.2, 0.25) is 0 Å². The van der Waals surface area contributed by atoms with E-state index in [1.54, 1.807) is 24.3 Å². The molecular weight excluding hydrogens is 364 g/mol. The molecule has 0 amide bonds. The number of carbonyl (C=O) groups is 1. The minimum Gasteiger partial charge on any atom is -0.508 e. The maximum atomic E-state index is 12.5. The number of allylic oxidation sites excluding steroid dienone is 3. The first-order valence-electron chi connectivity index (χ1n) is 9.56. The van der Waals surface area contributed by atoms with Crippen LogP contribution in [0.5, 0.6) is 17.2 Å². The van der Waals surface area contributed by atoms with Gasteiger partial charge in [-0.15, -0.1) is 13.2 Å². The molecule has 0 fully saturated rings. The molecule has 4 nitrogen and oxygen atoms in total. The Labute approximate surface area is 172 Å². The minimum absolute atomic E-state index is 0.0876. The van der Waals surface area contributed by atoms with Gasteiger partial charge in [0.15, 0.2) is 5.78 Å². The van der Waals surface area contributed by atoms with Crippen molar-refractivity contribution in [3.8, 4) is 17.2 Å². The molecule has 0 saturated heterocycles. The predicted octanol–water partition coefficient (Wildman–Crippen LogP) is 5.80. The Morgan fingerprint density at radius 2 is 1.69 bits per heavy atom. The number of methoxy groups -OCH3 is 1. The molecule has 0 saturated carbocycles. The van der Waals surface area contributed by atoms with Crippen LogP contribution in [0.25, 0.3) is 6.08 Å². The van der Waals surface area contributed by atoms with Crippen molar-refractivity contribution in [2.24, 2.45) is 0 Å². The van der Waals surface area contributed by atoms with Crippen LogP contribution in [0.2, 0.25) is 0 Å². The third-order valence-corrected chi connectivity index (χ3v) is 5.27. The first kappa shape index (κ1) is 22.0. The number of benzene rings is 2. The lowest BCUT2D eigenvalue weighted by Gasteiger charge is -2.33. The van der Waals surface area contributed by atoms with Gasteiger partial charge in [0, 0.05) is 16.5 Å². The number of ketones is 1. The molecule has 0 aliphatic carbocycles. The molecule has 29 heavy (non-hydrogen) atoms. The number of rotatable bonds is 10. The van der Waals surface area contributed by atoms with Crippen LogP contribution in [0.3, 0.4) is 0 Å². The fraction of sp³-hybridized carbons (Fsp3) is 0.240. The van der Waals surface area contributed by atoms with Crippen molar-refractivity contribution >= 4 is 11.9 Å². The normalized spacial score (nSPS) is 11.4. The number of carbonyl (C=O) groups excluding carboxylic acids is 1. The molecule has 0 unspecified atom stereocenters. The molecule has 0 radical (unpaired) electrons. The summed E-state index contributed by atoms with van der Waals surface area (Å²) < 4.78 is 5.41. The lowest BCUT2D eigenvalue weighted by atomic mass is 9.72. The Kier molecular flexibility index (Phi) is 7.43. The molecule has 4 heteroatoms. The highest BCUT2D eigenvalue weighted by Gasteiger charge is 2.32. The van der Waals surface area contributed by atoms with Crippen LogP contribution in [0, 0.1) is 0 Å². The quantitative estimate of drug-likeness (QED) is 0.304. The number of phenolic OH excluding ortho intramolecular Hbond substituents is 2. The smallest absolute Gasteiger partial charge is 0.185 e. The van der Waals surface area contributed by atoms with Gasteiger partial charge in [-0.3, -0.25) is 4.79 Å². The third kappa shape index (κ3) is 4.77. The van der Waals surface area contributed by atoms with Crippen molar-refractivity contribution < 1.29 is 19.7 Å². The Bertz CT molecular complexity index is 897. The molecule has 0 aromatic heterocycles. The highest BCUT2D eigenvalue weighted by molar-refractivity contribution is 6.07. The van der Waals surface area contributed by atoms with Gasteiger partial charge in [0.1, 0.15) is 17.2 Å². The second kappa shape index (κ2) is 9.78. The summed E-state index contributed by atoms with van der Waals surface area (Å²) >= 11 is 0. The zero-order valence-electron chi connectivity index (χ0n) is 17.0. The van der Waals surface area contributed by atoms with E-state index in [0.29, 0.717) is 29.7 Å². The van der Waals surface area contributed by atoms with Gasteiger partial charge in [-0.1, -0.05) is 25.1 Å². The van der Waals surface area contributed by atoms with E-state index in [0.717, 1.165) is 12.0 Å². The average molecular weight is 392 g/mol. The van der Waals surface area contributed by atoms with Crippen LogP contribution < -0.4 is 4.74 Å². The molecule has 2 rings (SSSR count). The maximum absolute atomic E-state index is 12.5. The predicted molar refractivity (Wildman–Crippen MR) is 118 cm³/mol. The molecule has 0 heterocycles. The maximum Gasteiger partial charge on any atom is 0.185 e. The number of ether oxygens (including phenoxy) is 1. The molecule has 2 aromatic carbocycles. The van der Waals surface area contributed by atoms with Crippen molar-refractivity contribution in [2.75, 3.05) is 7.11 Å². The summed E-state index contributed by atoms with van der Waals surface area (Å²) in [5.41, 5.74) is 1.33. The molecule has 0 aliphatic heterocycles. The average Bonchev–Trinajstić information content (AvgIpc) is 2.72. The second-order valence-electron chi connectivity index (χ2n) is 6.94. The Hall–Kier alpha value is -3.27. The van der Waals surface area contributed by atoms with Crippen molar-refractivity contribution in [1.82, 2.24) is 0 Å².